The number of aryl methyl sites for hydroxylation is 1. The fourth-order valence-corrected chi connectivity index (χ4v) is 5.47. The van der Waals surface area contributed by atoms with Crippen LogP contribution in [0.15, 0.2) is 23.1 Å². The summed E-state index contributed by atoms with van der Waals surface area (Å²) in [7, 11) is -3.41. The Morgan fingerprint density at radius 3 is 2.67 bits per heavy atom. The largest absolute Gasteiger partial charge is 0.446 e. The predicted molar refractivity (Wildman–Crippen MR) is 125 cm³/mol. The summed E-state index contributed by atoms with van der Waals surface area (Å²) in [5, 5.41) is 5.78. The fourth-order valence-electron chi connectivity index (χ4n) is 4.55. The van der Waals surface area contributed by atoms with E-state index in [1.807, 2.05) is 20.8 Å². The molecule has 1 heterocycles. The first-order chi connectivity index (χ1) is 15.5. The van der Waals surface area contributed by atoms with Gasteiger partial charge in [0, 0.05) is 18.3 Å². The van der Waals surface area contributed by atoms with E-state index in [1.54, 1.807) is 18.2 Å². The molecule has 184 valence electrons. The molecular formula is C23H36N4O5S. The third-order valence-corrected chi connectivity index (χ3v) is 7.68. The average Bonchev–Trinajstić information content (AvgIpc) is 3.36. The Morgan fingerprint density at radius 1 is 1.21 bits per heavy atom. The number of ether oxygens (including phenoxy) is 1. The predicted octanol–water partition coefficient (Wildman–Crippen LogP) is 1.94. The molecule has 1 aromatic rings. The van der Waals surface area contributed by atoms with Gasteiger partial charge >= 0.3 is 6.09 Å². The van der Waals surface area contributed by atoms with Gasteiger partial charge in [-0.25, -0.2) is 18.6 Å². The minimum absolute atomic E-state index is 0.00241. The molecule has 3 rings (SSSR count). The molecule has 2 unspecified atom stereocenters. The van der Waals surface area contributed by atoms with Gasteiger partial charge in [0.25, 0.3) is 0 Å². The summed E-state index contributed by atoms with van der Waals surface area (Å²) in [6, 6.07) is 5.28. The maximum Gasteiger partial charge on any atom is 0.407 e. The summed E-state index contributed by atoms with van der Waals surface area (Å²) in [4.78, 5) is 24.8. The van der Waals surface area contributed by atoms with E-state index in [-0.39, 0.29) is 47.7 Å². The molecule has 5 atom stereocenters. The van der Waals surface area contributed by atoms with Crippen molar-refractivity contribution in [3.05, 3.63) is 29.3 Å². The SMILES string of the molecule is CC[C@H](C)NC(=O)O[C@@H]1CC[C@H](C2CC(NC(=O)Cc3cc(C)ccc3S(C)(=O)=O)NN2)C1. The highest BCUT2D eigenvalue weighted by Gasteiger charge is 2.37. The number of amides is 2. The van der Waals surface area contributed by atoms with E-state index in [0.717, 1.165) is 37.5 Å². The third kappa shape index (κ3) is 7.15. The summed E-state index contributed by atoms with van der Waals surface area (Å²) < 4.78 is 29.7. The molecule has 2 aliphatic rings. The van der Waals surface area contributed by atoms with Gasteiger partial charge in [0.05, 0.1) is 17.5 Å². The molecule has 0 bridgehead atoms. The van der Waals surface area contributed by atoms with Crippen molar-refractivity contribution in [2.75, 3.05) is 6.26 Å². The maximum absolute atomic E-state index is 12.6. The Labute approximate surface area is 196 Å². The zero-order chi connectivity index (χ0) is 24.2. The van der Waals surface area contributed by atoms with Crippen molar-refractivity contribution in [1.82, 2.24) is 21.5 Å². The van der Waals surface area contributed by atoms with E-state index >= 15 is 0 Å². The Balaban J connectivity index is 1.48. The molecule has 0 spiro atoms. The van der Waals surface area contributed by atoms with Crippen LogP contribution in [-0.2, 0) is 25.8 Å². The zero-order valence-electron chi connectivity index (χ0n) is 19.8. The number of carbonyl (C=O) groups excluding carboxylic acids is 2. The van der Waals surface area contributed by atoms with Crippen LogP contribution in [0.5, 0.6) is 0 Å². The van der Waals surface area contributed by atoms with E-state index in [0.29, 0.717) is 17.9 Å². The van der Waals surface area contributed by atoms with Crippen LogP contribution in [0.4, 0.5) is 4.79 Å². The first-order valence-corrected chi connectivity index (χ1v) is 13.5. The average molecular weight is 481 g/mol. The monoisotopic (exact) mass is 480 g/mol. The molecule has 10 heteroatoms. The molecule has 1 aliphatic heterocycles. The second-order valence-corrected chi connectivity index (χ2v) is 11.3. The Morgan fingerprint density at radius 2 is 1.97 bits per heavy atom. The molecule has 0 aromatic heterocycles. The third-order valence-electron chi connectivity index (χ3n) is 6.48. The quantitative estimate of drug-likeness (QED) is 0.448. The van der Waals surface area contributed by atoms with Crippen LogP contribution in [0, 0.1) is 12.8 Å². The number of hydrazine groups is 1. The van der Waals surface area contributed by atoms with Gasteiger partial charge in [-0.3, -0.25) is 10.2 Å². The molecule has 2 amide bonds. The second-order valence-electron chi connectivity index (χ2n) is 9.37. The lowest BCUT2D eigenvalue weighted by Gasteiger charge is -2.19. The number of rotatable bonds is 8. The number of alkyl carbamates (subject to hydrolysis) is 1. The van der Waals surface area contributed by atoms with Crippen LogP contribution in [0.2, 0.25) is 0 Å². The molecule has 0 radical (unpaired) electrons. The molecule has 9 nitrogen and oxygen atoms in total. The van der Waals surface area contributed by atoms with Crippen molar-refractivity contribution in [2.45, 2.75) is 88.5 Å². The Hall–Kier alpha value is -2.17. The van der Waals surface area contributed by atoms with E-state index in [4.69, 9.17) is 4.74 Å². The smallest absolute Gasteiger partial charge is 0.407 e. The van der Waals surface area contributed by atoms with Gasteiger partial charge in [-0.2, -0.15) is 0 Å². The van der Waals surface area contributed by atoms with E-state index < -0.39 is 9.84 Å². The second kappa shape index (κ2) is 10.8. The molecule has 1 aromatic carbocycles. The summed E-state index contributed by atoms with van der Waals surface area (Å²) in [6.07, 6.45) is 4.57. The van der Waals surface area contributed by atoms with Gasteiger partial charge in [-0.1, -0.05) is 24.6 Å². The molecule has 4 N–H and O–H groups in total. The van der Waals surface area contributed by atoms with Crippen LogP contribution in [0.3, 0.4) is 0 Å². The van der Waals surface area contributed by atoms with Crippen molar-refractivity contribution < 1.29 is 22.7 Å². The Kier molecular flexibility index (Phi) is 8.36. The topological polar surface area (TPSA) is 126 Å². The molecule has 1 saturated heterocycles. The molecule has 2 fully saturated rings. The normalized spacial score (nSPS) is 26.1. The minimum Gasteiger partial charge on any atom is -0.446 e. The van der Waals surface area contributed by atoms with Crippen LogP contribution >= 0.6 is 0 Å². The number of nitrogens with one attached hydrogen (secondary N) is 4. The van der Waals surface area contributed by atoms with Crippen LogP contribution in [0.25, 0.3) is 0 Å². The van der Waals surface area contributed by atoms with Gasteiger partial charge in [0.2, 0.25) is 5.91 Å². The van der Waals surface area contributed by atoms with Gasteiger partial charge in [0.1, 0.15) is 6.10 Å². The summed E-state index contributed by atoms with van der Waals surface area (Å²) in [5.74, 6) is 0.106. The van der Waals surface area contributed by atoms with Crippen molar-refractivity contribution >= 4 is 21.8 Å². The summed E-state index contributed by atoms with van der Waals surface area (Å²) in [6.45, 7) is 5.82. The van der Waals surface area contributed by atoms with Gasteiger partial charge < -0.3 is 15.4 Å². The van der Waals surface area contributed by atoms with Gasteiger partial charge in [-0.15, -0.1) is 0 Å². The molecule has 1 saturated carbocycles. The molecule has 1 aliphatic carbocycles. The van der Waals surface area contributed by atoms with Gasteiger partial charge in [0.15, 0.2) is 9.84 Å². The first kappa shape index (κ1) is 25.5. The summed E-state index contributed by atoms with van der Waals surface area (Å²) >= 11 is 0. The maximum atomic E-state index is 12.6. The lowest BCUT2D eigenvalue weighted by molar-refractivity contribution is -0.121. The lowest BCUT2D eigenvalue weighted by Crippen LogP contribution is -2.45. The lowest BCUT2D eigenvalue weighted by atomic mass is 9.96. The number of hydrogen-bond acceptors (Lipinski definition) is 7. The standard InChI is InChI=1S/C23H36N4O5S/c1-5-15(3)24-23(29)32-18-8-7-16(11-18)19-13-21(27-26-19)25-22(28)12-17-10-14(2)6-9-20(17)33(4,30)31/h6,9-10,15-16,18-19,21,26-27H,5,7-8,11-13H2,1-4H3,(H,24,29)(H,25,28)/t15-,16-,18+,19?,21?/m0/s1. The van der Waals surface area contributed by atoms with Crippen molar-refractivity contribution in [1.29, 1.82) is 0 Å². The highest BCUT2D eigenvalue weighted by molar-refractivity contribution is 7.90. The minimum atomic E-state index is -3.41. The zero-order valence-corrected chi connectivity index (χ0v) is 20.6. The van der Waals surface area contributed by atoms with E-state index in [2.05, 4.69) is 21.5 Å². The number of sulfone groups is 1. The van der Waals surface area contributed by atoms with Crippen molar-refractivity contribution in [3.63, 3.8) is 0 Å². The first-order valence-electron chi connectivity index (χ1n) is 11.6. The highest BCUT2D eigenvalue weighted by Crippen LogP contribution is 2.33. The number of carbonyl (C=O) groups is 2. The van der Waals surface area contributed by atoms with E-state index in [1.165, 1.54) is 0 Å². The van der Waals surface area contributed by atoms with Crippen LogP contribution < -0.4 is 21.5 Å². The number of hydrogen-bond donors (Lipinski definition) is 4. The van der Waals surface area contributed by atoms with Gasteiger partial charge in [-0.05, 0) is 63.5 Å². The van der Waals surface area contributed by atoms with Crippen molar-refractivity contribution in [2.24, 2.45) is 5.92 Å². The van der Waals surface area contributed by atoms with Crippen LogP contribution in [-0.4, -0.2) is 51.0 Å². The highest BCUT2D eigenvalue weighted by atomic mass is 32.2. The summed E-state index contributed by atoms with van der Waals surface area (Å²) in [5.41, 5.74) is 7.79. The van der Waals surface area contributed by atoms with Crippen LogP contribution in [0.1, 0.15) is 57.1 Å². The molecule has 33 heavy (non-hydrogen) atoms. The number of benzene rings is 1. The van der Waals surface area contributed by atoms with Crippen molar-refractivity contribution in [3.8, 4) is 0 Å². The van der Waals surface area contributed by atoms with E-state index in [9.17, 15) is 18.0 Å². The Bertz CT molecular complexity index is 968. The molecular weight excluding hydrogens is 444 g/mol. The fraction of sp³-hybridized carbons (Fsp3) is 0.652.